The largest absolute Gasteiger partial charge is 0.309 e. The molecule has 1 aromatic heterocycles. The summed E-state index contributed by atoms with van der Waals surface area (Å²) in [7, 11) is 0. The summed E-state index contributed by atoms with van der Waals surface area (Å²) in [6, 6.07) is 42.1. The van der Waals surface area contributed by atoms with Gasteiger partial charge in [0, 0.05) is 21.9 Å². The number of hydrogen-bond donors (Lipinski definition) is 0. The van der Waals surface area contributed by atoms with Gasteiger partial charge in [-0.25, -0.2) is 0 Å². The van der Waals surface area contributed by atoms with Crippen molar-refractivity contribution in [1.82, 2.24) is 4.57 Å². The van der Waals surface area contributed by atoms with Crippen molar-refractivity contribution >= 4 is 21.8 Å². The fraction of sp³-hybridized carbons (Fsp3) is 0.0909. The molecule has 1 aliphatic rings. The number of benzene rings is 5. The third-order valence-electron chi connectivity index (χ3n) is 7.61. The predicted molar refractivity (Wildman–Crippen MR) is 144 cm³/mol. The smallest absolute Gasteiger partial charge is 0.0547 e. The van der Waals surface area contributed by atoms with Gasteiger partial charge in [-0.2, -0.15) is 0 Å². The lowest BCUT2D eigenvalue weighted by Crippen LogP contribution is -2.14. The van der Waals surface area contributed by atoms with Gasteiger partial charge < -0.3 is 4.57 Å². The van der Waals surface area contributed by atoms with Gasteiger partial charge in [0.05, 0.1) is 11.0 Å². The molecule has 0 fully saturated rings. The maximum absolute atomic E-state index is 2.43. The Morgan fingerprint density at radius 1 is 0.529 bits per heavy atom. The summed E-state index contributed by atoms with van der Waals surface area (Å²) >= 11 is 0. The van der Waals surface area contributed by atoms with E-state index in [1.165, 1.54) is 60.9 Å². The zero-order chi connectivity index (χ0) is 22.9. The lowest BCUT2D eigenvalue weighted by Gasteiger charge is -2.22. The van der Waals surface area contributed by atoms with Crippen LogP contribution >= 0.6 is 0 Å². The number of nitrogens with zero attached hydrogens (tertiary/aromatic N) is 1. The SMILES string of the molecule is CC1(C)c2ccccc2-c2ccc(-c3cccc4c3c3ccccc3n4-c3ccccc3)cc21. The van der Waals surface area contributed by atoms with Gasteiger partial charge in [-0.15, -0.1) is 0 Å². The Morgan fingerprint density at radius 2 is 1.21 bits per heavy atom. The molecule has 0 atom stereocenters. The Hall–Kier alpha value is -4.10. The lowest BCUT2D eigenvalue weighted by molar-refractivity contribution is 0.660. The summed E-state index contributed by atoms with van der Waals surface area (Å²) in [5, 5.41) is 2.61. The molecule has 0 spiro atoms. The summed E-state index contributed by atoms with van der Waals surface area (Å²) in [5.41, 5.74) is 11.8. The second-order valence-electron chi connectivity index (χ2n) is 9.82. The fourth-order valence-corrected chi connectivity index (χ4v) is 5.99. The molecule has 1 heteroatoms. The number of aromatic nitrogens is 1. The second kappa shape index (κ2) is 6.95. The van der Waals surface area contributed by atoms with E-state index in [1.807, 2.05) is 0 Å². The van der Waals surface area contributed by atoms with Crippen molar-refractivity contribution in [3.63, 3.8) is 0 Å². The van der Waals surface area contributed by atoms with E-state index in [9.17, 15) is 0 Å². The summed E-state index contributed by atoms with van der Waals surface area (Å²) in [6.45, 7) is 4.70. The van der Waals surface area contributed by atoms with Gasteiger partial charge in [0.2, 0.25) is 0 Å². The third-order valence-corrected chi connectivity index (χ3v) is 7.61. The van der Waals surface area contributed by atoms with Gasteiger partial charge in [0.15, 0.2) is 0 Å². The lowest BCUT2D eigenvalue weighted by atomic mass is 9.81. The molecule has 0 unspecified atom stereocenters. The van der Waals surface area contributed by atoms with E-state index in [0.717, 1.165) is 0 Å². The van der Waals surface area contributed by atoms with E-state index in [2.05, 4.69) is 134 Å². The molecule has 0 aliphatic heterocycles. The molecular formula is C33H25N. The van der Waals surface area contributed by atoms with Gasteiger partial charge in [-0.05, 0) is 63.7 Å². The normalized spacial score (nSPS) is 13.8. The van der Waals surface area contributed by atoms with E-state index in [0.29, 0.717) is 0 Å². The number of para-hydroxylation sites is 2. The van der Waals surface area contributed by atoms with Crippen LogP contribution < -0.4 is 0 Å². The first-order chi connectivity index (χ1) is 16.6. The molecule has 0 bridgehead atoms. The van der Waals surface area contributed by atoms with Crippen LogP contribution in [0.25, 0.3) is 49.7 Å². The minimum absolute atomic E-state index is 0.00608. The van der Waals surface area contributed by atoms with Crippen LogP contribution in [0.5, 0.6) is 0 Å². The molecule has 6 aromatic rings. The molecule has 0 N–H and O–H groups in total. The van der Waals surface area contributed by atoms with E-state index in [1.54, 1.807) is 0 Å². The molecule has 0 amide bonds. The maximum Gasteiger partial charge on any atom is 0.0547 e. The van der Waals surface area contributed by atoms with Crippen LogP contribution in [-0.4, -0.2) is 4.57 Å². The van der Waals surface area contributed by atoms with Crippen LogP contribution in [0, 0.1) is 0 Å². The minimum Gasteiger partial charge on any atom is -0.309 e. The van der Waals surface area contributed by atoms with Crippen LogP contribution in [0.15, 0.2) is 115 Å². The van der Waals surface area contributed by atoms with Crippen LogP contribution in [0.3, 0.4) is 0 Å². The second-order valence-corrected chi connectivity index (χ2v) is 9.82. The molecule has 1 aliphatic carbocycles. The van der Waals surface area contributed by atoms with Crippen LogP contribution in [0.2, 0.25) is 0 Å². The molecule has 0 radical (unpaired) electrons. The quantitative estimate of drug-likeness (QED) is 0.256. The number of hydrogen-bond acceptors (Lipinski definition) is 0. The van der Waals surface area contributed by atoms with Gasteiger partial charge in [0.1, 0.15) is 0 Å². The van der Waals surface area contributed by atoms with Gasteiger partial charge in [-0.3, -0.25) is 0 Å². The zero-order valence-electron chi connectivity index (χ0n) is 19.4. The van der Waals surface area contributed by atoms with Crippen molar-refractivity contribution in [1.29, 1.82) is 0 Å². The highest BCUT2D eigenvalue weighted by atomic mass is 15.0. The Bertz CT molecular complexity index is 1720. The number of rotatable bonds is 2. The first-order valence-corrected chi connectivity index (χ1v) is 12.0. The first-order valence-electron chi connectivity index (χ1n) is 12.0. The highest BCUT2D eigenvalue weighted by molar-refractivity contribution is 6.15. The first kappa shape index (κ1) is 19.4. The van der Waals surface area contributed by atoms with Crippen molar-refractivity contribution < 1.29 is 0 Å². The maximum atomic E-state index is 2.43. The fourth-order valence-electron chi connectivity index (χ4n) is 5.99. The van der Waals surface area contributed by atoms with Crippen LogP contribution in [-0.2, 0) is 5.41 Å². The Kier molecular flexibility index (Phi) is 3.96. The van der Waals surface area contributed by atoms with Crippen molar-refractivity contribution in [2.45, 2.75) is 19.3 Å². The summed E-state index contributed by atoms with van der Waals surface area (Å²) < 4.78 is 2.39. The van der Waals surface area contributed by atoms with Gasteiger partial charge in [0.25, 0.3) is 0 Å². The van der Waals surface area contributed by atoms with E-state index < -0.39 is 0 Å². The van der Waals surface area contributed by atoms with Crippen molar-refractivity contribution in [3.8, 4) is 27.9 Å². The summed E-state index contributed by atoms with van der Waals surface area (Å²) in [4.78, 5) is 0. The summed E-state index contributed by atoms with van der Waals surface area (Å²) in [5.74, 6) is 0. The molecule has 5 aromatic carbocycles. The molecule has 34 heavy (non-hydrogen) atoms. The van der Waals surface area contributed by atoms with Gasteiger partial charge >= 0.3 is 0 Å². The topological polar surface area (TPSA) is 4.93 Å². The molecule has 1 heterocycles. The molecule has 7 rings (SSSR count). The predicted octanol–water partition coefficient (Wildman–Crippen LogP) is 8.76. The molecule has 0 saturated heterocycles. The molecule has 0 saturated carbocycles. The monoisotopic (exact) mass is 435 g/mol. The average molecular weight is 436 g/mol. The van der Waals surface area contributed by atoms with E-state index in [4.69, 9.17) is 0 Å². The van der Waals surface area contributed by atoms with Crippen LogP contribution in [0.1, 0.15) is 25.0 Å². The molecule has 1 nitrogen and oxygen atoms in total. The van der Waals surface area contributed by atoms with E-state index >= 15 is 0 Å². The Balaban J connectivity index is 1.52. The van der Waals surface area contributed by atoms with Crippen molar-refractivity contribution in [3.05, 3.63) is 126 Å². The average Bonchev–Trinajstić information content (AvgIpc) is 3.34. The highest BCUT2D eigenvalue weighted by Gasteiger charge is 2.35. The minimum atomic E-state index is -0.00608. The molecular weight excluding hydrogens is 410 g/mol. The summed E-state index contributed by atoms with van der Waals surface area (Å²) in [6.07, 6.45) is 0. The highest BCUT2D eigenvalue weighted by Crippen LogP contribution is 2.50. The van der Waals surface area contributed by atoms with E-state index in [-0.39, 0.29) is 5.41 Å². The Morgan fingerprint density at radius 3 is 2.09 bits per heavy atom. The zero-order valence-corrected chi connectivity index (χ0v) is 19.4. The standard InChI is InChI=1S/C33H25N/c1-33(2)28-16-8-6-13-25(28)26-20-19-22(21-29(26)33)24-15-10-18-31-32(24)27-14-7-9-17-30(27)34(31)23-11-4-3-5-12-23/h3-21H,1-2H3. The van der Waals surface area contributed by atoms with Crippen LogP contribution in [0.4, 0.5) is 0 Å². The van der Waals surface area contributed by atoms with Crippen molar-refractivity contribution in [2.24, 2.45) is 0 Å². The van der Waals surface area contributed by atoms with Crippen molar-refractivity contribution in [2.75, 3.05) is 0 Å². The van der Waals surface area contributed by atoms with Gasteiger partial charge in [-0.1, -0.05) is 98.8 Å². The molecule has 162 valence electrons. The Labute approximate surface area is 199 Å². The number of fused-ring (bicyclic) bond motifs is 6. The third kappa shape index (κ3) is 2.55.